The van der Waals surface area contributed by atoms with Crippen LogP contribution in [0.4, 0.5) is 0 Å². The Morgan fingerprint density at radius 2 is 2.00 bits per heavy atom. The van der Waals surface area contributed by atoms with Gasteiger partial charge in [0.2, 0.25) is 0 Å². The molecule has 2 N–H and O–H groups in total. The van der Waals surface area contributed by atoms with E-state index in [-0.39, 0.29) is 12.0 Å². The second-order valence-corrected chi connectivity index (χ2v) is 9.73. The Morgan fingerprint density at radius 1 is 1.21 bits per heavy atom. The zero-order valence-electron chi connectivity index (χ0n) is 18.6. The third-order valence-electron chi connectivity index (χ3n) is 6.80. The normalized spacial score (nSPS) is 28.7. The van der Waals surface area contributed by atoms with Crippen LogP contribution < -0.4 is 0 Å². The summed E-state index contributed by atoms with van der Waals surface area (Å²) in [6, 6.07) is 8.03. The molecule has 0 amide bonds. The molecular formula is C26H39NO2. The number of hydrogen-bond donors (Lipinski definition) is 2. The van der Waals surface area contributed by atoms with Crippen molar-refractivity contribution in [1.82, 2.24) is 4.90 Å². The van der Waals surface area contributed by atoms with Gasteiger partial charge in [0.05, 0.1) is 6.10 Å². The van der Waals surface area contributed by atoms with Gasteiger partial charge in [0.15, 0.2) is 0 Å². The molecule has 2 aliphatic carbocycles. The van der Waals surface area contributed by atoms with Gasteiger partial charge < -0.3 is 15.1 Å². The molecule has 3 rings (SSSR count). The topological polar surface area (TPSA) is 43.7 Å². The molecule has 0 aliphatic heterocycles. The molecule has 0 radical (unpaired) electrons. The Morgan fingerprint density at radius 3 is 2.72 bits per heavy atom. The fourth-order valence-corrected chi connectivity index (χ4v) is 5.10. The Labute approximate surface area is 177 Å². The number of rotatable bonds is 9. The fourth-order valence-electron chi connectivity index (χ4n) is 5.10. The Kier molecular flexibility index (Phi) is 7.37. The van der Waals surface area contributed by atoms with Crippen LogP contribution in [0, 0.1) is 24.7 Å². The molecule has 1 aromatic carbocycles. The van der Waals surface area contributed by atoms with Gasteiger partial charge in [0.25, 0.3) is 0 Å². The molecule has 0 bridgehead atoms. The summed E-state index contributed by atoms with van der Waals surface area (Å²) in [6.07, 6.45) is 13.1. The van der Waals surface area contributed by atoms with Crippen LogP contribution >= 0.6 is 0 Å². The molecule has 1 aromatic rings. The molecule has 1 fully saturated rings. The number of nitrogens with zero attached hydrogens (tertiary/aromatic N) is 1. The van der Waals surface area contributed by atoms with Gasteiger partial charge in [0, 0.05) is 5.92 Å². The lowest BCUT2D eigenvalue weighted by molar-refractivity contribution is 0.107. The molecule has 2 aliphatic rings. The first-order chi connectivity index (χ1) is 13.8. The smallest absolute Gasteiger partial charge is 0.105 e. The van der Waals surface area contributed by atoms with Crippen LogP contribution in [0.1, 0.15) is 56.6 Å². The minimum Gasteiger partial charge on any atom is -0.392 e. The summed E-state index contributed by atoms with van der Waals surface area (Å²) in [5.74, 6) is 1.13. The lowest BCUT2D eigenvalue weighted by Gasteiger charge is -2.23. The second-order valence-electron chi connectivity index (χ2n) is 9.73. The molecule has 160 valence electrons. The van der Waals surface area contributed by atoms with Crippen molar-refractivity contribution < 1.29 is 10.2 Å². The highest BCUT2D eigenvalue weighted by Gasteiger charge is 2.43. The number of aryl methyl sites for hydroxylation is 1. The predicted molar refractivity (Wildman–Crippen MR) is 121 cm³/mol. The van der Waals surface area contributed by atoms with Crippen LogP contribution in [0.15, 0.2) is 48.1 Å². The molecule has 0 saturated heterocycles. The average Bonchev–Trinajstić information content (AvgIpc) is 3.16. The van der Waals surface area contributed by atoms with Crippen LogP contribution in [0.25, 0.3) is 0 Å². The molecule has 3 nitrogen and oxygen atoms in total. The summed E-state index contributed by atoms with van der Waals surface area (Å²) in [5.41, 5.74) is 2.62. The van der Waals surface area contributed by atoms with Crippen molar-refractivity contribution in [2.75, 3.05) is 20.6 Å². The van der Waals surface area contributed by atoms with Crippen LogP contribution in [-0.2, 0) is 5.60 Å². The third kappa shape index (κ3) is 5.81. The Hall–Kier alpha value is -1.42. The van der Waals surface area contributed by atoms with Crippen molar-refractivity contribution in [2.24, 2.45) is 17.8 Å². The van der Waals surface area contributed by atoms with Crippen LogP contribution in [-0.4, -0.2) is 41.9 Å². The quantitative estimate of drug-likeness (QED) is 0.464. The molecular weight excluding hydrogens is 358 g/mol. The predicted octanol–water partition coefficient (Wildman–Crippen LogP) is 4.82. The number of aliphatic hydroxyl groups is 2. The highest BCUT2D eigenvalue weighted by molar-refractivity contribution is 5.31. The van der Waals surface area contributed by atoms with Gasteiger partial charge >= 0.3 is 0 Å². The minimum absolute atomic E-state index is 0.138. The number of unbranched alkanes of at least 4 members (excludes halogenated alkanes) is 2. The van der Waals surface area contributed by atoms with E-state index in [1.807, 2.05) is 44.2 Å². The maximum Gasteiger partial charge on any atom is 0.105 e. The van der Waals surface area contributed by atoms with E-state index < -0.39 is 5.60 Å². The van der Waals surface area contributed by atoms with Gasteiger partial charge in [-0.1, -0.05) is 60.1 Å². The van der Waals surface area contributed by atoms with Crippen molar-refractivity contribution in [1.29, 1.82) is 0 Å². The first-order valence-corrected chi connectivity index (χ1v) is 11.3. The maximum atomic E-state index is 11.0. The molecule has 0 unspecified atom stereocenters. The number of aliphatic hydroxyl groups excluding tert-OH is 1. The van der Waals surface area contributed by atoms with E-state index in [4.69, 9.17) is 0 Å². The van der Waals surface area contributed by atoms with Gasteiger partial charge in [-0.25, -0.2) is 0 Å². The van der Waals surface area contributed by atoms with E-state index in [1.165, 1.54) is 32.2 Å². The SMILES string of the molecule is Cc1cccc([C@](C)(O)/C=C/[C@@H]2[C@H]3CC(CCCCCN(C)C)=C[C@H]3C[C@H]2O)c1. The number of benzene rings is 1. The van der Waals surface area contributed by atoms with Crippen LogP contribution in [0.2, 0.25) is 0 Å². The molecule has 0 heterocycles. The molecule has 1 saturated carbocycles. The standard InChI is InChI=1S/C26H39NO2/c1-19-9-8-11-22(15-19)26(2,29)13-12-23-24-17-20(16-21(24)18-25(23)28)10-6-5-7-14-27(3)4/h8-9,11-13,15-16,21,23-25,28-29H,5-7,10,14,17-18H2,1-4H3/b13-12+/t21-,23+,24-,25+,26+/m0/s1. The summed E-state index contributed by atoms with van der Waals surface area (Å²) >= 11 is 0. The van der Waals surface area contributed by atoms with E-state index in [0.29, 0.717) is 11.8 Å². The van der Waals surface area contributed by atoms with Gasteiger partial charge in [0.1, 0.15) is 5.60 Å². The number of fused-ring (bicyclic) bond motifs is 1. The molecule has 0 spiro atoms. The van der Waals surface area contributed by atoms with Gasteiger partial charge in [-0.05, 0) is 84.0 Å². The van der Waals surface area contributed by atoms with E-state index in [1.54, 1.807) is 5.57 Å². The van der Waals surface area contributed by atoms with Gasteiger partial charge in [-0.3, -0.25) is 0 Å². The Balaban J connectivity index is 1.56. The van der Waals surface area contributed by atoms with E-state index in [2.05, 4.69) is 31.1 Å². The van der Waals surface area contributed by atoms with Crippen molar-refractivity contribution in [3.05, 3.63) is 59.2 Å². The minimum atomic E-state index is -1.01. The van der Waals surface area contributed by atoms with Crippen LogP contribution in [0.5, 0.6) is 0 Å². The van der Waals surface area contributed by atoms with Crippen molar-refractivity contribution >= 4 is 0 Å². The zero-order chi connectivity index (χ0) is 21.0. The maximum absolute atomic E-state index is 11.0. The van der Waals surface area contributed by atoms with E-state index in [9.17, 15) is 10.2 Å². The number of hydrogen-bond acceptors (Lipinski definition) is 3. The van der Waals surface area contributed by atoms with Crippen LogP contribution in [0.3, 0.4) is 0 Å². The Bertz CT molecular complexity index is 734. The van der Waals surface area contributed by atoms with Gasteiger partial charge in [-0.15, -0.1) is 0 Å². The van der Waals surface area contributed by atoms with E-state index in [0.717, 1.165) is 24.0 Å². The molecule has 29 heavy (non-hydrogen) atoms. The average molecular weight is 398 g/mol. The highest BCUT2D eigenvalue weighted by atomic mass is 16.3. The third-order valence-corrected chi connectivity index (χ3v) is 6.80. The molecule has 5 atom stereocenters. The molecule has 0 aromatic heterocycles. The lowest BCUT2D eigenvalue weighted by atomic mass is 9.86. The summed E-state index contributed by atoms with van der Waals surface area (Å²) < 4.78 is 0. The van der Waals surface area contributed by atoms with Crippen molar-refractivity contribution in [2.45, 2.75) is 64.1 Å². The van der Waals surface area contributed by atoms with E-state index >= 15 is 0 Å². The largest absolute Gasteiger partial charge is 0.392 e. The monoisotopic (exact) mass is 397 g/mol. The summed E-state index contributed by atoms with van der Waals surface area (Å²) in [6.45, 7) is 5.05. The summed E-state index contributed by atoms with van der Waals surface area (Å²) in [5, 5.41) is 21.6. The first kappa shape index (κ1) is 22.3. The zero-order valence-corrected chi connectivity index (χ0v) is 18.6. The van der Waals surface area contributed by atoms with Crippen molar-refractivity contribution in [3.63, 3.8) is 0 Å². The first-order valence-electron chi connectivity index (χ1n) is 11.3. The second kappa shape index (κ2) is 9.59. The van der Waals surface area contributed by atoms with Gasteiger partial charge in [-0.2, -0.15) is 0 Å². The summed E-state index contributed by atoms with van der Waals surface area (Å²) in [7, 11) is 4.27. The fraction of sp³-hybridized carbons (Fsp3) is 0.615. The molecule has 3 heteroatoms. The number of allylic oxidation sites excluding steroid dienone is 2. The highest BCUT2D eigenvalue weighted by Crippen LogP contribution is 2.48. The lowest BCUT2D eigenvalue weighted by Crippen LogP contribution is -2.21. The summed E-state index contributed by atoms with van der Waals surface area (Å²) in [4.78, 5) is 2.25. The van der Waals surface area contributed by atoms with Crippen molar-refractivity contribution in [3.8, 4) is 0 Å².